The van der Waals surface area contributed by atoms with Crippen LogP contribution in [0.15, 0.2) is 24.3 Å². The molecule has 2 unspecified atom stereocenters. The predicted octanol–water partition coefficient (Wildman–Crippen LogP) is 7.31. The SMILES string of the molecule is CCCCCCCCCC(O[Si](C)(C)C)C(CO[Si](C)(C)C)NC(=O)c1ccc(C)cc1. The molecule has 0 heterocycles. The third kappa shape index (κ3) is 13.6. The fourth-order valence-electron chi connectivity index (χ4n) is 3.64. The smallest absolute Gasteiger partial charge is 0.251 e. The molecule has 0 radical (unpaired) electrons. The van der Waals surface area contributed by atoms with E-state index in [4.69, 9.17) is 8.85 Å². The average molecular weight is 480 g/mol. The van der Waals surface area contributed by atoms with E-state index in [1.165, 1.54) is 38.5 Å². The summed E-state index contributed by atoms with van der Waals surface area (Å²) in [6.45, 7) is 18.1. The normalized spacial score (nSPS) is 14.2. The van der Waals surface area contributed by atoms with Crippen LogP contribution < -0.4 is 5.32 Å². The largest absolute Gasteiger partial charge is 0.415 e. The second-order valence-electron chi connectivity index (χ2n) is 11.0. The fourth-order valence-corrected chi connectivity index (χ4v) is 5.51. The summed E-state index contributed by atoms with van der Waals surface area (Å²) in [5, 5.41) is 3.27. The number of carbonyl (C=O) groups excluding carboxylic acids is 1. The van der Waals surface area contributed by atoms with Crippen LogP contribution in [0.25, 0.3) is 0 Å². The molecule has 4 nitrogen and oxygen atoms in total. The summed E-state index contributed by atoms with van der Waals surface area (Å²) >= 11 is 0. The van der Waals surface area contributed by atoms with Gasteiger partial charge >= 0.3 is 0 Å². The summed E-state index contributed by atoms with van der Waals surface area (Å²) in [5.41, 5.74) is 1.84. The third-order valence-electron chi connectivity index (χ3n) is 5.37. The van der Waals surface area contributed by atoms with Crippen LogP contribution in [0.5, 0.6) is 0 Å². The number of carbonyl (C=O) groups is 1. The second-order valence-corrected chi connectivity index (χ2v) is 20.0. The first-order valence-electron chi connectivity index (χ1n) is 12.6. The molecular weight excluding hydrogens is 430 g/mol. The van der Waals surface area contributed by atoms with E-state index >= 15 is 0 Å². The van der Waals surface area contributed by atoms with Gasteiger partial charge in [0.1, 0.15) is 0 Å². The minimum atomic E-state index is -1.78. The Bertz CT molecular complexity index is 651. The highest BCUT2D eigenvalue weighted by atomic mass is 28.4. The van der Waals surface area contributed by atoms with E-state index in [1.807, 2.05) is 31.2 Å². The molecular formula is C26H49NO3Si2. The van der Waals surface area contributed by atoms with Crippen molar-refractivity contribution in [2.45, 2.75) is 117 Å². The number of nitrogens with one attached hydrogen (secondary N) is 1. The number of rotatable bonds is 16. The fraction of sp³-hybridized carbons (Fsp3) is 0.731. The number of aryl methyl sites for hydroxylation is 1. The molecule has 0 bridgehead atoms. The second kappa shape index (κ2) is 14.3. The van der Waals surface area contributed by atoms with Gasteiger partial charge in [-0.25, -0.2) is 0 Å². The van der Waals surface area contributed by atoms with Crippen LogP contribution in [0, 0.1) is 6.92 Å². The summed E-state index contributed by atoms with van der Waals surface area (Å²) in [4.78, 5) is 13.0. The molecule has 0 aliphatic carbocycles. The van der Waals surface area contributed by atoms with Crippen molar-refractivity contribution >= 4 is 22.5 Å². The lowest BCUT2D eigenvalue weighted by molar-refractivity contribution is 0.0748. The predicted molar refractivity (Wildman–Crippen MR) is 143 cm³/mol. The highest BCUT2D eigenvalue weighted by Crippen LogP contribution is 2.20. The van der Waals surface area contributed by atoms with Crippen molar-refractivity contribution in [2.75, 3.05) is 6.61 Å². The summed E-state index contributed by atoms with van der Waals surface area (Å²) in [5.74, 6) is -0.0436. The van der Waals surface area contributed by atoms with Crippen molar-refractivity contribution < 1.29 is 13.6 Å². The number of amides is 1. The maximum Gasteiger partial charge on any atom is 0.251 e. The van der Waals surface area contributed by atoms with Gasteiger partial charge in [0.05, 0.1) is 18.8 Å². The molecule has 0 fully saturated rings. The van der Waals surface area contributed by atoms with E-state index in [0.717, 1.165) is 18.4 Å². The Morgan fingerprint density at radius 1 is 0.875 bits per heavy atom. The quantitative estimate of drug-likeness (QED) is 0.200. The Balaban J connectivity index is 2.87. The first kappa shape index (κ1) is 29.1. The van der Waals surface area contributed by atoms with Gasteiger partial charge in [-0.3, -0.25) is 4.79 Å². The topological polar surface area (TPSA) is 47.6 Å². The minimum absolute atomic E-state index is 0.0111. The molecule has 32 heavy (non-hydrogen) atoms. The molecule has 0 aromatic heterocycles. The molecule has 1 N–H and O–H groups in total. The van der Waals surface area contributed by atoms with E-state index in [-0.39, 0.29) is 18.1 Å². The molecule has 1 rings (SSSR count). The molecule has 6 heteroatoms. The van der Waals surface area contributed by atoms with Gasteiger partial charge in [-0.15, -0.1) is 0 Å². The lowest BCUT2D eigenvalue weighted by Crippen LogP contribution is -2.51. The van der Waals surface area contributed by atoms with Crippen molar-refractivity contribution in [1.82, 2.24) is 5.32 Å². The lowest BCUT2D eigenvalue weighted by Gasteiger charge is -2.34. The number of benzene rings is 1. The van der Waals surface area contributed by atoms with E-state index in [1.54, 1.807) is 0 Å². The first-order chi connectivity index (χ1) is 14.9. The minimum Gasteiger partial charge on any atom is -0.415 e. The summed E-state index contributed by atoms with van der Waals surface area (Å²) in [6.07, 6.45) is 9.87. The molecule has 0 aliphatic rings. The Labute approximate surface area is 200 Å². The molecule has 1 aromatic rings. The van der Waals surface area contributed by atoms with Crippen molar-refractivity contribution in [3.63, 3.8) is 0 Å². The zero-order chi connectivity index (χ0) is 24.2. The monoisotopic (exact) mass is 479 g/mol. The Morgan fingerprint density at radius 2 is 1.44 bits per heavy atom. The number of hydrogen-bond acceptors (Lipinski definition) is 3. The van der Waals surface area contributed by atoms with E-state index in [2.05, 4.69) is 51.5 Å². The van der Waals surface area contributed by atoms with Crippen LogP contribution in [0.4, 0.5) is 0 Å². The highest BCUT2D eigenvalue weighted by Gasteiger charge is 2.31. The molecule has 0 aliphatic heterocycles. The zero-order valence-electron chi connectivity index (χ0n) is 22.1. The average Bonchev–Trinajstić information content (AvgIpc) is 2.68. The Hall–Kier alpha value is -0.956. The van der Waals surface area contributed by atoms with Crippen LogP contribution in [-0.4, -0.2) is 41.3 Å². The maximum absolute atomic E-state index is 13.0. The van der Waals surface area contributed by atoms with Gasteiger partial charge in [0.15, 0.2) is 16.6 Å². The van der Waals surface area contributed by atoms with Crippen molar-refractivity contribution in [1.29, 1.82) is 0 Å². The van der Waals surface area contributed by atoms with Crippen molar-refractivity contribution in [2.24, 2.45) is 0 Å². The van der Waals surface area contributed by atoms with Gasteiger partial charge in [-0.1, -0.05) is 69.6 Å². The molecule has 0 saturated carbocycles. The van der Waals surface area contributed by atoms with E-state index < -0.39 is 16.6 Å². The summed E-state index contributed by atoms with van der Waals surface area (Å²) < 4.78 is 12.9. The van der Waals surface area contributed by atoms with Gasteiger partial charge in [0, 0.05) is 5.56 Å². The van der Waals surface area contributed by atoms with E-state index in [0.29, 0.717) is 12.2 Å². The highest BCUT2D eigenvalue weighted by molar-refractivity contribution is 6.70. The van der Waals surface area contributed by atoms with Gasteiger partial charge in [-0.05, 0) is 64.8 Å². The Morgan fingerprint density at radius 3 is 1.97 bits per heavy atom. The zero-order valence-corrected chi connectivity index (χ0v) is 24.1. The van der Waals surface area contributed by atoms with E-state index in [9.17, 15) is 4.79 Å². The van der Waals surface area contributed by atoms with Crippen LogP contribution in [0.1, 0.15) is 74.2 Å². The lowest BCUT2D eigenvalue weighted by atomic mass is 10.0. The van der Waals surface area contributed by atoms with Crippen molar-refractivity contribution in [3.05, 3.63) is 35.4 Å². The van der Waals surface area contributed by atoms with Gasteiger partial charge in [-0.2, -0.15) is 0 Å². The number of unbranched alkanes of at least 4 members (excludes halogenated alkanes) is 6. The summed E-state index contributed by atoms with van der Waals surface area (Å²) in [6, 6.07) is 7.62. The van der Waals surface area contributed by atoms with Crippen LogP contribution in [0.2, 0.25) is 39.3 Å². The third-order valence-corrected chi connectivity index (χ3v) is 7.41. The molecule has 2 atom stereocenters. The maximum atomic E-state index is 13.0. The molecule has 0 spiro atoms. The van der Waals surface area contributed by atoms with Crippen LogP contribution in [-0.2, 0) is 8.85 Å². The summed E-state index contributed by atoms with van der Waals surface area (Å²) in [7, 11) is -3.49. The standard InChI is InChI=1S/C26H49NO3Si2/c1-9-10-11-12-13-14-15-16-25(30-32(6,7)8)24(21-29-31(3,4)5)27-26(28)23-19-17-22(2)18-20-23/h17-20,24-25H,9-16,21H2,1-8H3,(H,27,28). The van der Waals surface area contributed by atoms with Gasteiger partial charge < -0.3 is 14.2 Å². The van der Waals surface area contributed by atoms with Crippen LogP contribution in [0.3, 0.4) is 0 Å². The van der Waals surface area contributed by atoms with Crippen molar-refractivity contribution in [3.8, 4) is 0 Å². The molecule has 184 valence electrons. The molecule has 1 amide bonds. The molecule has 1 aromatic carbocycles. The van der Waals surface area contributed by atoms with Crippen LogP contribution >= 0.6 is 0 Å². The Kier molecular flexibility index (Phi) is 13.0. The number of hydrogen-bond donors (Lipinski definition) is 1. The van der Waals surface area contributed by atoms with Gasteiger partial charge in [0.25, 0.3) is 5.91 Å². The first-order valence-corrected chi connectivity index (χ1v) is 19.4. The van der Waals surface area contributed by atoms with Gasteiger partial charge in [0.2, 0.25) is 0 Å². The molecule has 0 saturated heterocycles.